The van der Waals surface area contributed by atoms with Gasteiger partial charge in [-0.2, -0.15) is 0 Å². The molecule has 0 atom stereocenters. The lowest BCUT2D eigenvalue weighted by atomic mass is 10.3. The molecule has 0 heterocycles. The Labute approximate surface area is 74.4 Å². The summed E-state index contributed by atoms with van der Waals surface area (Å²) in [6.45, 7) is 17.2. The molecule has 0 aromatic heterocycles. The maximum Gasteiger partial charge on any atom is -0.0106 e. The second kappa shape index (κ2) is 51.0. The van der Waals surface area contributed by atoms with Crippen LogP contribution >= 0.6 is 0 Å². The molecule has 1 nitrogen and oxygen atoms in total. The lowest BCUT2D eigenvalue weighted by molar-refractivity contribution is 0.737. The second-order valence-corrected chi connectivity index (χ2v) is 2.14. The molecule has 0 rings (SSSR count). The van der Waals surface area contributed by atoms with Gasteiger partial charge in [0.25, 0.3) is 0 Å². The first-order chi connectivity index (χ1) is 5.15. The van der Waals surface area contributed by atoms with Gasteiger partial charge in [-0.05, 0) is 12.5 Å². The van der Waals surface area contributed by atoms with Crippen LogP contribution in [0.4, 0.5) is 0 Å². The quantitative estimate of drug-likeness (QED) is 0.579. The van der Waals surface area contributed by atoms with E-state index in [0.29, 0.717) is 0 Å². The minimum atomic E-state index is 0.750. The predicted octanol–water partition coefficient (Wildman–Crippen LogP) is 3.68. The van der Waals surface area contributed by atoms with E-state index < -0.39 is 0 Å². The van der Waals surface area contributed by atoms with E-state index >= 15 is 0 Å². The molecule has 0 aromatic carbocycles. The highest BCUT2D eigenvalue weighted by molar-refractivity contribution is 4.20. The van der Waals surface area contributed by atoms with Crippen molar-refractivity contribution in [2.45, 2.75) is 55.4 Å². The lowest BCUT2D eigenvalue weighted by Gasteiger charge is -1.79. The molecule has 2 N–H and O–H groups in total. The van der Waals surface area contributed by atoms with E-state index in [9.17, 15) is 0 Å². The summed E-state index contributed by atoms with van der Waals surface area (Å²) < 4.78 is 0. The van der Waals surface area contributed by atoms with Crippen LogP contribution in [0.25, 0.3) is 0 Å². The van der Waals surface area contributed by atoms with Gasteiger partial charge in [0.2, 0.25) is 0 Å². The van der Waals surface area contributed by atoms with E-state index in [1.807, 2.05) is 34.6 Å². The topological polar surface area (TPSA) is 26.0 Å². The monoisotopic (exact) mass is 163 g/mol. The van der Waals surface area contributed by atoms with E-state index in [4.69, 9.17) is 5.73 Å². The van der Waals surface area contributed by atoms with Crippen molar-refractivity contribution in [3.8, 4) is 0 Å². The Morgan fingerprint density at radius 3 is 0.909 bits per heavy atom. The minimum Gasteiger partial charge on any atom is -0.331 e. The molecule has 11 heavy (non-hydrogen) atoms. The molecule has 0 spiro atoms. The molecule has 0 fully saturated rings. The SMILES string of the molecule is CC.CC.CC(C)C.CCN. The zero-order chi connectivity index (χ0) is 10.3. The number of hydrogen-bond acceptors (Lipinski definition) is 1. The average Bonchev–Trinajstić information content (AvgIpc) is 1.96. The molecule has 1 heteroatoms. The van der Waals surface area contributed by atoms with Crippen LogP contribution in [0, 0.1) is 5.92 Å². The van der Waals surface area contributed by atoms with Crippen molar-refractivity contribution in [1.82, 2.24) is 0 Å². The summed E-state index contributed by atoms with van der Waals surface area (Å²) >= 11 is 0. The summed E-state index contributed by atoms with van der Waals surface area (Å²) in [4.78, 5) is 0. The molecule has 0 unspecified atom stereocenters. The van der Waals surface area contributed by atoms with Gasteiger partial charge in [0, 0.05) is 0 Å². The van der Waals surface area contributed by atoms with E-state index in [1.54, 1.807) is 0 Å². The first-order valence-corrected chi connectivity index (χ1v) is 4.85. The predicted molar refractivity (Wildman–Crippen MR) is 57.9 cm³/mol. The van der Waals surface area contributed by atoms with Crippen molar-refractivity contribution in [2.24, 2.45) is 11.7 Å². The normalized spacial score (nSPS) is 6.00. The molecular formula is C10H29N. The van der Waals surface area contributed by atoms with Gasteiger partial charge in [-0.25, -0.2) is 0 Å². The first kappa shape index (κ1) is 22.4. The van der Waals surface area contributed by atoms with Crippen molar-refractivity contribution in [1.29, 1.82) is 0 Å². The lowest BCUT2D eigenvalue weighted by Crippen LogP contribution is -1.87. The van der Waals surface area contributed by atoms with Gasteiger partial charge in [-0.15, -0.1) is 0 Å². The third kappa shape index (κ3) is 394000. The van der Waals surface area contributed by atoms with Gasteiger partial charge in [0.15, 0.2) is 0 Å². The van der Waals surface area contributed by atoms with Gasteiger partial charge < -0.3 is 5.73 Å². The molecule has 0 aliphatic carbocycles. The molecule has 0 aliphatic heterocycles. The van der Waals surface area contributed by atoms with E-state index in [1.165, 1.54) is 0 Å². The Hall–Kier alpha value is -0.0400. The van der Waals surface area contributed by atoms with Gasteiger partial charge in [0.05, 0.1) is 0 Å². The Balaban J connectivity index is -0.0000000315. The van der Waals surface area contributed by atoms with Crippen LogP contribution in [0.1, 0.15) is 55.4 Å². The smallest absolute Gasteiger partial charge is 0.0106 e. The summed E-state index contributed by atoms with van der Waals surface area (Å²) in [5.41, 5.74) is 4.85. The molecule has 0 saturated carbocycles. The van der Waals surface area contributed by atoms with Crippen LogP contribution in [0.5, 0.6) is 0 Å². The summed E-state index contributed by atoms with van der Waals surface area (Å²) in [7, 11) is 0. The Kier molecular flexibility index (Phi) is 104. The van der Waals surface area contributed by atoms with Gasteiger partial charge in [-0.3, -0.25) is 0 Å². The zero-order valence-corrected chi connectivity index (χ0v) is 9.86. The van der Waals surface area contributed by atoms with Crippen molar-refractivity contribution in [3.63, 3.8) is 0 Å². The molecule has 0 amide bonds. The number of rotatable bonds is 0. The largest absolute Gasteiger partial charge is 0.331 e. The molecular weight excluding hydrogens is 134 g/mol. The second-order valence-electron chi connectivity index (χ2n) is 2.14. The molecule has 0 bridgehead atoms. The molecule has 0 aliphatic rings. The first-order valence-electron chi connectivity index (χ1n) is 4.85. The van der Waals surface area contributed by atoms with Crippen LogP contribution in [0.15, 0.2) is 0 Å². The van der Waals surface area contributed by atoms with Crippen LogP contribution in [-0.4, -0.2) is 6.54 Å². The van der Waals surface area contributed by atoms with Crippen LogP contribution in [0.2, 0.25) is 0 Å². The maximum absolute atomic E-state index is 4.85. The van der Waals surface area contributed by atoms with E-state index in [2.05, 4.69) is 20.8 Å². The van der Waals surface area contributed by atoms with Crippen LogP contribution in [0.3, 0.4) is 0 Å². The minimum absolute atomic E-state index is 0.750. The maximum atomic E-state index is 4.85. The Bertz CT molecular complexity index is 16.1. The van der Waals surface area contributed by atoms with E-state index in [0.717, 1.165) is 12.5 Å². The number of nitrogens with two attached hydrogens (primary N) is 1. The summed E-state index contributed by atoms with van der Waals surface area (Å²) in [5, 5.41) is 0. The van der Waals surface area contributed by atoms with Gasteiger partial charge >= 0.3 is 0 Å². The summed E-state index contributed by atoms with van der Waals surface area (Å²) in [5.74, 6) is 0.833. The van der Waals surface area contributed by atoms with Gasteiger partial charge in [0.1, 0.15) is 0 Å². The van der Waals surface area contributed by atoms with E-state index in [-0.39, 0.29) is 0 Å². The highest BCUT2D eigenvalue weighted by Gasteiger charge is 1.68. The fraction of sp³-hybridized carbons (Fsp3) is 1.00. The van der Waals surface area contributed by atoms with Crippen molar-refractivity contribution in [2.75, 3.05) is 6.54 Å². The molecule has 74 valence electrons. The molecule has 0 saturated heterocycles. The Morgan fingerprint density at radius 1 is 0.909 bits per heavy atom. The van der Waals surface area contributed by atoms with Crippen molar-refractivity contribution < 1.29 is 0 Å². The highest BCUT2D eigenvalue weighted by Crippen LogP contribution is 1.81. The Morgan fingerprint density at radius 2 is 0.909 bits per heavy atom. The number of hydrogen-bond donors (Lipinski definition) is 1. The van der Waals surface area contributed by atoms with Crippen LogP contribution in [-0.2, 0) is 0 Å². The third-order valence-electron chi connectivity index (χ3n) is 0. The average molecular weight is 163 g/mol. The zero-order valence-electron chi connectivity index (χ0n) is 9.86. The third-order valence-corrected chi connectivity index (χ3v) is 0. The highest BCUT2D eigenvalue weighted by atomic mass is 14.5. The fourth-order valence-corrected chi connectivity index (χ4v) is 0. The van der Waals surface area contributed by atoms with Gasteiger partial charge in [-0.1, -0.05) is 55.4 Å². The summed E-state index contributed by atoms with van der Waals surface area (Å²) in [6.07, 6.45) is 0. The molecule has 0 aromatic rings. The van der Waals surface area contributed by atoms with Crippen LogP contribution < -0.4 is 5.73 Å². The van der Waals surface area contributed by atoms with Crippen molar-refractivity contribution >= 4 is 0 Å². The summed E-state index contributed by atoms with van der Waals surface area (Å²) in [6, 6.07) is 0. The van der Waals surface area contributed by atoms with Crippen molar-refractivity contribution in [3.05, 3.63) is 0 Å². The fourth-order valence-electron chi connectivity index (χ4n) is 0. The standard InChI is InChI=1S/C4H10.C2H7N.2C2H6/c1-4(2)3;1-2-3;2*1-2/h4H,1-3H3;2-3H2,1H3;2*1-2H3. The molecule has 0 radical (unpaired) electrons.